The number of hydrogen-bond acceptors (Lipinski definition) is 6. The van der Waals surface area contributed by atoms with Gasteiger partial charge in [-0.05, 0) is 56.2 Å². The van der Waals surface area contributed by atoms with Crippen molar-refractivity contribution in [1.82, 2.24) is 9.21 Å². The standard InChI is InChI=1S/C24H30N2O5S2/c1-17-4-8-21(16-18(17)2)33(30,31)26-14-12-25(13-15-26)24(29)11-7-20(27)6-9-22(28)23-10-5-19(3)32-23/h4-5,8,10,16H,6-7,9,11-15H2,1-3H3. The molecule has 0 aliphatic carbocycles. The number of ketones is 2. The van der Waals surface area contributed by atoms with E-state index >= 15 is 0 Å². The molecule has 1 saturated heterocycles. The van der Waals surface area contributed by atoms with E-state index in [0.717, 1.165) is 16.0 Å². The van der Waals surface area contributed by atoms with Crippen molar-refractivity contribution in [2.75, 3.05) is 26.2 Å². The minimum absolute atomic E-state index is 0.0473. The van der Waals surface area contributed by atoms with Crippen molar-refractivity contribution in [3.63, 3.8) is 0 Å². The lowest BCUT2D eigenvalue weighted by atomic mass is 10.1. The van der Waals surface area contributed by atoms with Crippen LogP contribution in [0, 0.1) is 20.8 Å². The average Bonchev–Trinajstić information content (AvgIpc) is 3.24. The summed E-state index contributed by atoms with van der Waals surface area (Å²) < 4.78 is 27.3. The van der Waals surface area contributed by atoms with E-state index < -0.39 is 10.0 Å². The van der Waals surface area contributed by atoms with Gasteiger partial charge in [0, 0.05) is 56.7 Å². The highest BCUT2D eigenvalue weighted by molar-refractivity contribution is 7.89. The van der Waals surface area contributed by atoms with Crippen molar-refractivity contribution < 1.29 is 22.8 Å². The number of Topliss-reactive ketones (excluding diaryl/α,β-unsaturated/α-hetero) is 2. The van der Waals surface area contributed by atoms with Gasteiger partial charge in [0.2, 0.25) is 15.9 Å². The topological polar surface area (TPSA) is 91.8 Å². The van der Waals surface area contributed by atoms with Crippen LogP contribution in [0.3, 0.4) is 0 Å². The maximum Gasteiger partial charge on any atom is 0.243 e. The second-order valence-corrected chi connectivity index (χ2v) is 11.6. The molecule has 1 aromatic heterocycles. The van der Waals surface area contributed by atoms with Crippen LogP contribution in [0.2, 0.25) is 0 Å². The molecule has 0 unspecified atom stereocenters. The molecule has 1 aliphatic rings. The Balaban J connectivity index is 1.43. The van der Waals surface area contributed by atoms with Gasteiger partial charge in [-0.2, -0.15) is 4.31 Å². The van der Waals surface area contributed by atoms with Crippen LogP contribution in [0.1, 0.15) is 51.4 Å². The summed E-state index contributed by atoms with van der Waals surface area (Å²) >= 11 is 1.42. The molecule has 0 N–H and O–H groups in total. The third-order valence-corrected chi connectivity index (χ3v) is 8.91. The fourth-order valence-corrected chi connectivity index (χ4v) is 6.03. The summed E-state index contributed by atoms with van der Waals surface area (Å²) in [7, 11) is -3.60. The van der Waals surface area contributed by atoms with Gasteiger partial charge in [-0.25, -0.2) is 8.42 Å². The van der Waals surface area contributed by atoms with Crippen molar-refractivity contribution in [2.45, 2.75) is 51.3 Å². The van der Waals surface area contributed by atoms with E-state index in [1.54, 1.807) is 29.2 Å². The Morgan fingerprint density at radius 3 is 2.12 bits per heavy atom. The minimum Gasteiger partial charge on any atom is -0.340 e. The van der Waals surface area contributed by atoms with Crippen LogP contribution in [0.5, 0.6) is 0 Å². The van der Waals surface area contributed by atoms with E-state index in [-0.39, 0.29) is 61.1 Å². The zero-order valence-electron chi connectivity index (χ0n) is 19.3. The smallest absolute Gasteiger partial charge is 0.243 e. The van der Waals surface area contributed by atoms with Crippen molar-refractivity contribution >= 4 is 38.8 Å². The minimum atomic E-state index is -3.60. The summed E-state index contributed by atoms with van der Waals surface area (Å²) in [4.78, 5) is 40.4. The number of amides is 1. The van der Waals surface area contributed by atoms with Gasteiger partial charge in [-0.1, -0.05) is 6.07 Å². The normalized spacial score (nSPS) is 14.9. The zero-order valence-corrected chi connectivity index (χ0v) is 20.9. The lowest BCUT2D eigenvalue weighted by Gasteiger charge is -2.34. The molecule has 0 atom stereocenters. The molecule has 0 bridgehead atoms. The van der Waals surface area contributed by atoms with Crippen LogP contribution in [-0.2, 0) is 19.6 Å². The molecule has 9 heteroatoms. The van der Waals surface area contributed by atoms with Crippen molar-refractivity contribution in [1.29, 1.82) is 0 Å². The summed E-state index contributed by atoms with van der Waals surface area (Å²) in [6, 6.07) is 8.75. The van der Waals surface area contributed by atoms with E-state index in [0.29, 0.717) is 18.0 Å². The highest BCUT2D eigenvalue weighted by atomic mass is 32.2. The molecule has 1 fully saturated rings. The van der Waals surface area contributed by atoms with Crippen molar-refractivity contribution in [2.24, 2.45) is 0 Å². The summed E-state index contributed by atoms with van der Waals surface area (Å²) in [5.41, 5.74) is 1.95. The second kappa shape index (κ2) is 10.7. The third-order valence-electron chi connectivity index (χ3n) is 5.97. The number of sulfonamides is 1. The fourth-order valence-electron chi connectivity index (χ4n) is 3.69. The summed E-state index contributed by atoms with van der Waals surface area (Å²) in [5.74, 6) is -0.318. The first-order valence-corrected chi connectivity index (χ1v) is 13.3. The highest BCUT2D eigenvalue weighted by Gasteiger charge is 2.30. The van der Waals surface area contributed by atoms with E-state index in [9.17, 15) is 22.8 Å². The first kappa shape index (κ1) is 25.3. The van der Waals surface area contributed by atoms with Crippen LogP contribution in [0.4, 0.5) is 0 Å². The molecule has 1 aliphatic heterocycles. The SMILES string of the molecule is Cc1ccc(C(=O)CCC(=O)CCC(=O)N2CCN(S(=O)(=O)c3ccc(C)c(C)c3)CC2)s1. The molecule has 0 spiro atoms. The van der Waals surface area contributed by atoms with E-state index in [1.807, 2.05) is 26.8 Å². The zero-order chi connectivity index (χ0) is 24.2. The van der Waals surface area contributed by atoms with Gasteiger partial charge >= 0.3 is 0 Å². The van der Waals surface area contributed by atoms with Gasteiger partial charge in [0.25, 0.3) is 0 Å². The average molecular weight is 491 g/mol. The van der Waals surface area contributed by atoms with Crippen LogP contribution in [0.15, 0.2) is 35.2 Å². The van der Waals surface area contributed by atoms with Crippen molar-refractivity contribution in [3.05, 3.63) is 51.2 Å². The number of thiophene rings is 1. The third kappa shape index (κ3) is 6.37. The van der Waals surface area contributed by atoms with Crippen LogP contribution in [-0.4, -0.2) is 61.3 Å². The molecule has 3 rings (SSSR count). The Bertz CT molecular complexity index is 1150. The molecule has 0 saturated carbocycles. The number of nitrogens with zero attached hydrogens (tertiary/aromatic N) is 2. The number of carbonyl (C=O) groups excluding carboxylic acids is 3. The summed E-state index contributed by atoms with van der Waals surface area (Å²) in [5, 5.41) is 0. The molecule has 7 nitrogen and oxygen atoms in total. The van der Waals surface area contributed by atoms with E-state index in [4.69, 9.17) is 0 Å². The van der Waals surface area contributed by atoms with E-state index in [1.165, 1.54) is 15.6 Å². The van der Waals surface area contributed by atoms with Crippen molar-refractivity contribution in [3.8, 4) is 0 Å². The number of aryl methyl sites for hydroxylation is 3. The molecule has 2 aromatic rings. The van der Waals surface area contributed by atoms with Gasteiger partial charge in [0.15, 0.2) is 5.78 Å². The molecule has 33 heavy (non-hydrogen) atoms. The molecule has 1 amide bonds. The Kier molecular flexibility index (Phi) is 8.20. The van der Waals surface area contributed by atoms with Crippen LogP contribution < -0.4 is 0 Å². The maximum atomic E-state index is 12.9. The molecule has 2 heterocycles. The fraction of sp³-hybridized carbons (Fsp3) is 0.458. The van der Waals surface area contributed by atoms with Gasteiger partial charge in [-0.3, -0.25) is 14.4 Å². The molecule has 0 radical (unpaired) electrons. The maximum absolute atomic E-state index is 12.9. The molecule has 1 aromatic carbocycles. The Morgan fingerprint density at radius 2 is 1.52 bits per heavy atom. The molecule has 178 valence electrons. The summed E-state index contributed by atoms with van der Waals surface area (Å²) in [6.07, 6.45) is 0.457. The second-order valence-electron chi connectivity index (χ2n) is 8.40. The Hall–Kier alpha value is -2.36. The highest BCUT2D eigenvalue weighted by Crippen LogP contribution is 2.21. The van der Waals surface area contributed by atoms with Gasteiger partial charge < -0.3 is 4.90 Å². The number of hydrogen-bond donors (Lipinski definition) is 0. The van der Waals surface area contributed by atoms with E-state index in [2.05, 4.69) is 0 Å². The lowest BCUT2D eigenvalue weighted by Crippen LogP contribution is -2.50. The van der Waals surface area contributed by atoms with Gasteiger partial charge in [0.05, 0.1) is 9.77 Å². The van der Waals surface area contributed by atoms with Gasteiger partial charge in [-0.15, -0.1) is 11.3 Å². The van der Waals surface area contributed by atoms with Crippen LogP contribution in [0.25, 0.3) is 0 Å². The first-order valence-electron chi connectivity index (χ1n) is 11.0. The molecular formula is C24H30N2O5S2. The summed E-state index contributed by atoms with van der Waals surface area (Å²) in [6.45, 7) is 6.79. The number of rotatable bonds is 9. The lowest BCUT2D eigenvalue weighted by molar-refractivity contribution is -0.134. The quantitative estimate of drug-likeness (QED) is 0.502. The largest absolute Gasteiger partial charge is 0.340 e. The number of benzene rings is 1. The predicted molar refractivity (Wildman–Crippen MR) is 128 cm³/mol. The predicted octanol–water partition coefficient (Wildman–Crippen LogP) is 3.52. The number of carbonyl (C=O) groups is 3. The Morgan fingerprint density at radius 1 is 0.848 bits per heavy atom. The monoisotopic (exact) mass is 490 g/mol. The van der Waals surface area contributed by atoms with Crippen LogP contribution >= 0.6 is 11.3 Å². The first-order chi connectivity index (χ1) is 15.6. The van der Waals surface area contributed by atoms with Gasteiger partial charge in [0.1, 0.15) is 5.78 Å². The molecular weight excluding hydrogens is 460 g/mol. The number of piperazine rings is 1. The Labute approximate surface area is 199 Å².